The molecule has 1 heterocycles. The van der Waals surface area contributed by atoms with Crippen molar-refractivity contribution in [2.45, 2.75) is 43.7 Å². The van der Waals surface area contributed by atoms with Gasteiger partial charge in [-0.2, -0.15) is 0 Å². The maximum Gasteiger partial charge on any atom is 0.338 e. The van der Waals surface area contributed by atoms with E-state index in [-0.39, 0.29) is 12.1 Å². The van der Waals surface area contributed by atoms with Crippen LogP contribution in [0.15, 0.2) is 30.3 Å². The van der Waals surface area contributed by atoms with Gasteiger partial charge < -0.3 is 14.2 Å². The highest BCUT2D eigenvalue weighted by Gasteiger charge is 2.52. The molecule has 3 rings (SSSR count). The van der Waals surface area contributed by atoms with Crippen molar-refractivity contribution in [1.29, 1.82) is 0 Å². The Kier molecular flexibility index (Phi) is 3.29. The van der Waals surface area contributed by atoms with E-state index < -0.39 is 11.9 Å². The highest BCUT2D eigenvalue weighted by atomic mass is 16.8. The summed E-state index contributed by atoms with van der Waals surface area (Å²) in [5.41, 5.74) is 0.960. The van der Waals surface area contributed by atoms with Gasteiger partial charge in [-0.05, 0) is 18.4 Å². The lowest BCUT2D eigenvalue weighted by molar-refractivity contribution is -0.180. The van der Waals surface area contributed by atoms with Crippen molar-refractivity contribution >= 4 is 5.97 Å². The summed E-state index contributed by atoms with van der Waals surface area (Å²) < 4.78 is 16.9. The number of esters is 1. The van der Waals surface area contributed by atoms with Gasteiger partial charge in [0, 0.05) is 12.8 Å². The molecule has 1 aromatic carbocycles. The molecule has 0 bridgehead atoms. The minimum atomic E-state index is -0.662. The maximum atomic E-state index is 11.9. The summed E-state index contributed by atoms with van der Waals surface area (Å²) in [6, 6.07) is 9.73. The fourth-order valence-electron chi connectivity index (χ4n) is 2.94. The van der Waals surface area contributed by atoms with Crippen LogP contribution in [-0.2, 0) is 19.0 Å². The topological polar surface area (TPSA) is 44.8 Å². The van der Waals surface area contributed by atoms with E-state index in [9.17, 15) is 4.79 Å². The lowest BCUT2D eigenvalue weighted by Crippen LogP contribution is -2.30. The minimum absolute atomic E-state index is 0.363. The van der Waals surface area contributed by atoms with E-state index in [4.69, 9.17) is 14.2 Å². The zero-order chi connectivity index (χ0) is 13.3. The summed E-state index contributed by atoms with van der Waals surface area (Å²) in [7, 11) is 1.38. The van der Waals surface area contributed by atoms with Gasteiger partial charge in [-0.1, -0.05) is 30.3 Å². The number of hydrogen-bond donors (Lipinski definition) is 0. The minimum Gasteiger partial charge on any atom is -0.467 e. The highest BCUT2D eigenvalue weighted by molar-refractivity contribution is 5.76. The van der Waals surface area contributed by atoms with E-state index >= 15 is 0 Å². The van der Waals surface area contributed by atoms with Crippen LogP contribution in [0.5, 0.6) is 0 Å². The molecule has 4 nitrogen and oxygen atoms in total. The van der Waals surface area contributed by atoms with Gasteiger partial charge in [-0.15, -0.1) is 0 Å². The van der Waals surface area contributed by atoms with Crippen molar-refractivity contribution in [2.75, 3.05) is 7.11 Å². The van der Waals surface area contributed by atoms with Crippen molar-refractivity contribution in [3.05, 3.63) is 35.9 Å². The number of rotatable bonds is 2. The predicted octanol–water partition coefficient (Wildman–Crippen LogP) is 2.59. The summed E-state index contributed by atoms with van der Waals surface area (Å²) in [5.74, 6) is -0.947. The smallest absolute Gasteiger partial charge is 0.338 e. The van der Waals surface area contributed by atoms with E-state index in [2.05, 4.69) is 0 Å². The van der Waals surface area contributed by atoms with Gasteiger partial charge in [0.2, 0.25) is 0 Å². The molecule has 2 fully saturated rings. The number of carbonyl (C=O) groups excluding carboxylic acids is 1. The Labute approximate surface area is 112 Å². The van der Waals surface area contributed by atoms with Crippen LogP contribution in [0.3, 0.4) is 0 Å². The number of methoxy groups -OCH3 is 1. The van der Waals surface area contributed by atoms with Crippen LogP contribution < -0.4 is 0 Å². The third-order valence-electron chi connectivity index (χ3n) is 3.89. The molecular formula is C15H18O4. The van der Waals surface area contributed by atoms with Crippen molar-refractivity contribution in [2.24, 2.45) is 0 Å². The number of benzene rings is 1. The Morgan fingerprint density at radius 3 is 2.53 bits per heavy atom. The van der Waals surface area contributed by atoms with Crippen LogP contribution in [0.1, 0.15) is 37.4 Å². The number of carbonyl (C=O) groups is 1. The van der Waals surface area contributed by atoms with Crippen LogP contribution in [0.25, 0.3) is 0 Å². The molecule has 0 N–H and O–H groups in total. The van der Waals surface area contributed by atoms with E-state index in [1.807, 2.05) is 30.3 Å². The molecule has 4 heteroatoms. The first-order chi connectivity index (χ1) is 9.24. The van der Waals surface area contributed by atoms with Crippen LogP contribution in [0.2, 0.25) is 0 Å². The standard InChI is InChI=1S/C15H18O4/c1-17-14(16)13-12(11-7-3-2-4-8-11)18-15(19-13)9-5-6-10-15/h2-4,7-8,12-13H,5-6,9-10H2,1H3/t12-,13+/m0/s1. The van der Waals surface area contributed by atoms with E-state index in [0.29, 0.717) is 0 Å². The number of ether oxygens (including phenoxy) is 3. The summed E-state index contributed by atoms with van der Waals surface area (Å²) in [4.78, 5) is 11.9. The van der Waals surface area contributed by atoms with E-state index in [0.717, 1.165) is 31.2 Å². The SMILES string of the molecule is COC(=O)[C@@H]1OC2(CCCC2)O[C@H]1c1ccccc1. The second-order valence-corrected chi connectivity index (χ2v) is 5.13. The Bertz CT molecular complexity index is 450. The third-order valence-corrected chi connectivity index (χ3v) is 3.89. The molecule has 19 heavy (non-hydrogen) atoms. The first kappa shape index (κ1) is 12.6. The van der Waals surface area contributed by atoms with Crippen LogP contribution in [-0.4, -0.2) is 25.0 Å². The molecule has 1 aliphatic heterocycles. The zero-order valence-electron chi connectivity index (χ0n) is 11.0. The maximum absolute atomic E-state index is 11.9. The molecule has 0 aromatic heterocycles. The summed E-state index contributed by atoms with van der Waals surface area (Å²) in [6.07, 6.45) is 2.83. The fourth-order valence-corrected chi connectivity index (χ4v) is 2.94. The summed E-state index contributed by atoms with van der Waals surface area (Å²) >= 11 is 0. The van der Waals surface area contributed by atoms with Crippen LogP contribution in [0.4, 0.5) is 0 Å². The molecule has 1 aromatic rings. The van der Waals surface area contributed by atoms with E-state index in [1.165, 1.54) is 7.11 Å². The average molecular weight is 262 g/mol. The molecule has 1 aliphatic carbocycles. The van der Waals surface area contributed by atoms with Gasteiger partial charge in [0.1, 0.15) is 6.10 Å². The normalized spacial score (nSPS) is 28.7. The molecule has 0 unspecified atom stereocenters. The van der Waals surface area contributed by atoms with Gasteiger partial charge in [0.05, 0.1) is 7.11 Å². The van der Waals surface area contributed by atoms with Gasteiger partial charge >= 0.3 is 5.97 Å². The van der Waals surface area contributed by atoms with Crippen LogP contribution in [0, 0.1) is 0 Å². The molecule has 0 amide bonds. The molecule has 102 valence electrons. The fraction of sp³-hybridized carbons (Fsp3) is 0.533. The Morgan fingerprint density at radius 1 is 1.21 bits per heavy atom. The molecule has 1 spiro atoms. The Hall–Kier alpha value is -1.39. The Balaban J connectivity index is 1.89. The zero-order valence-corrected chi connectivity index (χ0v) is 11.0. The lowest BCUT2D eigenvalue weighted by atomic mass is 10.0. The third kappa shape index (κ3) is 2.26. The van der Waals surface area contributed by atoms with Gasteiger partial charge in [0.25, 0.3) is 0 Å². The molecule has 1 saturated carbocycles. The van der Waals surface area contributed by atoms with Crippen molar-refractivity contribution in [3.8, 4) is 0 Å². The highest BCUT2D eigenvalue weighted by Crippen LogP contribution is 2.47. The van der Waals surface area contributed by atoms with Crippen molar-refractivity contribution < 1.29 is 19.0 Å². The quantitative estimate of drug-likeness (QED) is 0.768. The second-order valence-electron chi connectivity index (χ2n) is 5.13. The van der Waals surface area contributed by atoms with Gasteiger partial charge in [-0.3, -0.25) is 0 Å². The molecule has 2 atom stereocenters. The number of hydrogen-bond acceptors (Lipinski definition) is 4. The average Bonchev–Trinajstić information content (AvgIpc) is 3.07. The van der Waals surface area contributed by atoms with Crippen molar-refractivity contribution in [1.82, 2.24) is 0 Å². The van der Waals surface area contributed by atoms with Crippen molar-refractivity contribution in [3.63, 3.8) is 0 Å². The van der Waals surface area contributed by atoms with Crippen LogP contribution >= 0.6 is 0 Å². The monoisotopic (exact) mass is 262 g/mol. The summed E-state index contributed by atoms with van der Waals surface area (Å²) in [5, 5.41) is 0. The Morgan fingerprint density at radius 2 is 1.89 bits per heavy atom. The molecule has 2 aliphatic rings. The predicted molar refractivity (Wildman–Crippen MR) is 68.4 cm³/mol. The largest absolute Gasteiger partial charge is 0.467 e. The molecule has 0 radical (unpaired) electrons. The van der Waals surface area contributed by atoms with Gasteiger partial charge in [0.15, 0.2) is 11.9 Å². The molecule has 1 saturated heterocycles. The first-order valence-corrected chi connectivity index (χ1v) is 6.72. The summed E-state index contributed by atoms with van der Waals surface area (Å²) in [6.45, 7) is 0. The van der Waals surface area contributed by atoms with Gasteiger partial charge in [-0.25, -0.2) is 4.79 Å². The molecular weight excluding hydrogens is 244 g/mol. The van der Waals surface area contributed by atoms with E-state index in [1.54, 1.807) is 0 Å². The lowest BCUT2D eigenvalue weighted by Gasteiger charge is -2.21. The first-order valence-electron chi connectivity index (χ1n) is 6.72. The second kappa shape index (κ2) is 4.94.